The molecule has 0 amide bonds. The Hall–Kier alpha value is -0.240. The van der Waals surface area contributed by atoms with Crippen LogP contribution in [0.25, 0.3) is 0 Å². The zero-order valence-corrected chi connectivity index (χ0v) is 24.1. The van der Waals surface area contributed by atoms with Gasteiger partial charge in [0.15, 0.2) is 0 Å². The van der Waals surface area contributed by atoms with Crippen molar-refractivity contribution in [3.8, 4) is 0 Å². The van der Waals surface area contributed by atoms with Crippen LogP contribution in [0.3, 0.4) is 0 Å². The van der Waals surface area contributed by atoms with Crippen molar-refractivity contribution in [1.29, 1.82) is 0 Å². The van der Waals surface area contributed by atoms with Gasteiger partial charge in [-0.25, -0.2) is 0 Å². The SMILES string of the molecule is CC(C)OC1CCC1.CC(C)OC1CCOC1.CC(C)OCC1CC1.COCC(C)OC(C)C. The highest BCUT2D eigenvalue weighted by Crippen LogP contribution is 2.29. The number of hydrogen-bond acceptors (Lipinski definition) is 6. The van der Waals surface area contributed by atoms with E-state index in [4.69, 9.17) is 28.4 Å². The average Bonchev–Trinajstić information content (AvgIpc) is 3.39. The van der Waals surface area contributed by atoms with Crippen LogP contribution in [-0.4, -0.2) is 76.3 Å². The van der Waals surface area contributed by atoms with E-state index in [1.165, 1.54) is 32.1 Å². The van der Waals surface area contributed by atoms with E-state index >= 15 is 0 Å². The Balaban J connectivity index is 0.000000427. The van der Waals surface area contributed by atoms with E-state index < -0.39 is 0 Å². The van der Waals surface area contributed by atoms with Crippen LogP contribution in [0.15, 0.2) is 0 Å². The molecule has 2 atom stereocenters. The van der Waals surface area contributed by atoms with Crippen molar-refractivity contribution in [2.45, 2.75) is 144 Å². The maximum atomic E-state index is 5.49. The number of ether oxygens (including phenoxy) is 6. The predicted molar refractivity (Wildman–Crippen MR) is 141 cm³/mol. The summed E-state index contributed by atoms with van der Waals surface area (Å²) < 4.78 is 31.7. The van der Waals surface area contributed by atoms with Gasteiger partial charge in [0.1, 0.15) is 0 Å². The summed E-state index contributed by atoms with van der Waals surface area (Å²) in [6.45, 7) is 21.9. The standard InChI is InChI=1S/C7H14O2.C7H16O2.2C7H14O/c1-6(2)9-7-3-4-8-5-7;1-6(2)9-7(3)5-8-4;1-6(2)8-5-7-3-4-7;1-6(2)8-7-4-3-5-7/h6-7H,3-5H2,1-2H3;6-7H,5H2,1-4H3;2*6-7H,3-5H2,1-2H3. The molecule has 3 aliphatic rings. The maximum Gasteiger partial charge on any atom is 0.0833 e. The quantitative estimate of drug-likeness (QED) is 0.332. The molecule has 6 nitrogen and oxygen atoms in total. The summed E-state index contributed by atoms with van der Waals surface area (Å²) in [4.78, 5) is 0. The van der Waals surface area contributed by atoms with Crippen LogP contribution in [0.4, 0.5) is 0 Å². The lowest BCUT2D eigenvalue weighted by molar-refractivity contribution is -0.0347. The molecule has 0 aromatic carbocycles. The largest absolute Gasteiger partial charge is 0.382 e. The summed E-state index contributed by atoms with van der Waals surface area (Å²) >= 11 is 0. The van der Waals surface area contributed by atoms with Gasteiger partial charge in [-0.15, -0.1) is 0 Å². The molecule has 0 N–H and O–H groups in total. The third-order valence-electron chi connectivity index (χ3n) is 5.14. The number of hydrogen-bond donors (Lipinski definition) is 0. The average molecular weight is 491 g/mol. The number of methoxy groups -OCH3 is 1. The molecular formula is C28H58O6. The summed E-state index contributed by atoms with van der Waals surface area (Å²) in [5.74, 6) is 0.914. The molecule has 2 saturated carbocycles. The van der Waals surface area contributed by atoms with Crippen molar-refractivity contribution >= 4 is 0 Å². The van der Waals surface area contributed by atoms with E-state index in [0.717, 1.165) is 32.2 Å². The van der Waals surface area contributed by atoms with E-state index in [2.05, 4.69) is 41.5 Å². The Bertz CT molecular complexity index is 425. The molecule has 2 aliphatic carbocycles. The monoisotopic (exact) mass is 490 g/mol. The molecule has 34 heavy (non-hydrogen) atoms. The zero-order chi connectivity index (χ0) is 25.9. The Morgan fingerprint density at radius 3 is 1.62 bits per heavy atom. The van der Waals surface area contributed by atoms with Crippen LogP contribution < -0.4 is 0 Å². The van der Waals surface area contributed by atoms with E-state index in [1.54, 1.807) is 7.11 Å². The highest BCUT2D eigenvalue weighted by Gasteiger charge is 2.21. The molecular weight excluding hydrogens is 432 g/mol. The fourth-order valence-electron chi connectivity index (χ4n) is 3.25. The molecule has 0 radical (unpaired) electrons. The molecule has 3 rings (SSSR count). The van der Waals surface area contributed by atoms with Crippen molar-refractivity contribution in [1.82, 2.24) is 0 Å². The first-order chi connectivity index (χ1) is 16.0. The van der Waals surface area contributed by atoms with Gasteiger partial charge >= 0.3 is 0 Å². The molecule has 0 bridgehead atoms. The van der Waals surface area contributed by atoms with Crippen LogP contribution in [0.1, 0.15) is 101 Å². The summed E-state index contributed by atoms with van der Waals surface area (Å²) in [6, 6.07) is 0. The Kier molecular flexibility index (Phi) is 20.8. The van der Waals surface area contributed by atoms with Gasteiger partial charge in [-0.3, -0.25) is 0 Å². The van der Waals surface area contributed by atoms with Crippen LogP contribution in [-0.2, 0) is 28.4 Å². The van der Waals surface area contributed by atoms with Gasteiger partial charge in [0.2, 0.25) is 0 Å². The molecule has 0 aromatic heterocycles. The topological polar surface area (TPSA) is 55.4 Å². The second-order valence-electron chi connectivity index (χ2n) is 10.7. The van der Waals surface area contributed by atoms with Gasteiger partial charge in [0, 0.05) is 20.3 Å². The molecule has 0 spiro atoms. The van der Waals surface area contributed by atoms with Crippen LogP contribution >= 0.6 is 0 Å². The van der Waals surface area contributed by atoms with Gasteiger partial charge in [0.05, 0.1) is 55.9 Å². The van der Waals surface area contributed by atoms with Gasteiger partial charge < -0.3 is 28.4 Å². The fourth-order valence-corrected chi connectivity index (χ4v) is 3.25. The summed E-state index contributed by atoms with van der Waals surface area (Å²) in [5.41, 5.74) is 0. The lowest BCUT2D eigenvalue weighted by Crippen LogP contribution is -2.24. The lowest BCUT2D eigenvalue weighted by Gasteiger charge is -2.27. The first-order valence-corrected chi connectivity index (χ1v) is 13.7. The van der Waals surface area contributed by atoms with Gasteiger partial charge in [-0.05, 0) is 107 Å². The lowest BCUT2D eigenvalue weighted by atomic mass is 9.96. The van der Waals surface area contributed by atoms with Gasteiger partial charge in [-0.2, -0.15) is 0 Å². The predicted octanol–water partition coefficient (Wildman–Crippen LogP) is 6.43. The van der Waals surface area contributed by atoms with Crippen molar-refractivity contribution in [2.75, 3.05) is 33.5 Å². The normalized spacial score (nSPS) is 20.8. The second-order valence-corrected chi connectivity index (χ2v) is 10.7. The minimum absolute atomic E-state index is 0.218. The number of rotatable bonds is 11. The van der Waals surface area contributed by atoms with Gasteiger partial charge in [0.25, 0.3) is 0 Å². The van der Waals surface area contributed by atoms with Crippen LogP contribution in [0.2, 0.25) is 0 Å². The Morgan fingerprint density at radius 1 is 0.706 bits per heavy atom. The first-order valence-electron chi connectivity index (χ1n) is 13.7. The molecule has 1 heterocycles. The van der Waals surface area contributed by atoms with E-state index in [0.29, 0.717) is 43.2 Å². The Labute approximate surface area is 211 Å². The zero-order valence-electron chi connectivity index (χ0n) is 24.1. The molecule has 0 aromatic rings. The van der Waals surface area contributed by atoms with Crippen molar-refractivity contribution in [2.24, 2.45) is 5.92 Å². The fraction of sp³-hybridized carbons (Fsp3) is 1.00. The first kappa shape index (κ1) is 33.8. The Morgan fingerprint density at radius 2 is 1.29 bits per heavy atom. The maximum absolute atomic E-state index is 5.49. The van der Waals surface area contributed by atoms with E-state index in [1.807, 2.05) is 20.8 Å². The van der Waals surface area contributed by atoms with E-state index in [-0.39, 0.29) is 6.10 Å². The minimum atomic E-state index is 0.218. The van der Waals surface area contributed by atoms with Gasteiger partial charge in [-0.1, -0.05) is 0 Å². The molecule has 2 unspecified atom stereocenters. The molecule has 206 valence electrons. The second kappa shape index (κ2) is 20.9. The van der Waals surface area contributed by atoms with Crippen molar-refractivity contribution in [3.05, 3.63) is 0 Å². The highest BCUT2D eigenvalue weighted by molar-refractivity contribution is 4.72. The van der Waals surface area contributed by atoms with Crippen molar-refractivity contribution < 1.29 is 28.4 Å². The smallest absolute Gasteiger partial charge is 0.0833 e. The minimum Gasteiger partial charge on any atom is -0.382 e. The summed E-state index contributed by atoms with van der Waals surface area (Å²) in [6.07, 6.45) is 10.5. The summed E-state index contributed by atoms with van der Waals surface area (Å²) in [7, 11) is 1.68. The molecule has 6 heteroatoms. The highest BCUT2D eigenvalue weighted by atomic mass is 16.6. The van der Waals surface area contributed by atoms with Crippen LogP contribution in [0, 0.1) is 5.92 Å². The third-order valence-corrected chi connectivity index (χ3v) is 5.14. The van der Waals surface area contributed by atoms with Crippen LogP contribution in [0.5, 0.6) is 0 Å². The summed E-state index contributed by atoms with van der Waals surface area (Å²) in [5, 5.41) is 0. The molecule has 1 aliphatic heterocycles. The molecule has 1 saturated heterocycles. The third kappa shape index (κ3) is 23.5. The van der Waals surface area contributed by atoms with Crippen molar-refractivity contribution in [3.63, 3.8) is 0 Å². The molecule has 3 fully saturated rings. The van der Waals surface area contributed by atoms with E-state index in [9.17, 15) is 0 Å².